The van der Waals surface area contributed by atoms with Crippen LogP contribution < -0.4 is 4.90 Å². The summed E-state index contributed by atoms with van der Waals surface area (Å²) in [6.45, 7) is 1.71. The molecule has 0 radical (unpaired) electrons. The van der Waals surface area contributed by atoms with Gasteiger partial charge in [-0.1, -0.05) is 11.6 Å². The topological polar surface area (TPSA) is 36.4 Å². The second-order valence-electron chi connectivity index (χ2n) is 3.53. The third kappa shape index (κ3) is 1.99. The lowest BCUT2D eigenvalue weighted by molar-refractivity contribution is 0.145. The van der Waals surface area contributed by atoms with Crippen molar-refractivity contribution in [1.82, 2.24) is 4.98 Å². The van der Waals surface area contributed by atoms with Gasteiger partial charge in [-0.3, -0.25) is 0 Å². The lowest BCUT2D eigenvalue weighted by Gasteiger charge is -2.31. The van der Waals surface area contributed by atoms with E-state index in [1.54, 1.807) is 6.20 Å². The molecule has 1 fully saturated rings. The molecular formula is C10H13ClN2O. The smallest absolute Gasteiger partial charge is 0.152 e. The quantitative estimate of drug-likeness (QED) is 0.720. The van der Waals surface area contributed by atoms with Gasteiger partial charge in [0.15, 0.2) is 5.15 Å². The Balaban J connectivity index is 2.12. The zero-order valence-electron chi connectivity index (χ0n) is 7.86. The first-order valence-corrected chi connectivity index (χ1v) is 5.18. The lowest BCUT2D eigenvalue weighted by Crippen LogP contribution is -2.36. The lowest BCUT2D eigenvalue weighted by atomic mass is 10.1. The summed E-state index contributed by atoms with van der Waals surface area (Å²) in [5.41, 5.74) is 0.973. The van der Waals surface area contributed by atoms with Gasteiger partial charge in [0.25, 0.3) is 0 Å². The number of hydrogen-bond donors (Lipinski definition) is 1. The SMILES string of the molecule is OC1CCN(c2cccnc2Cl)CC1. The molecule has 0 spiro atoms. The highest BCUT2D eigenvalue weighted by molar-refractivity contribution is 6.32. The minimum absolute atomic E-state index is 0.151. The molecule has 1 aliphatic rings. The number of hydrogen-bond acceptors (Lipinski definition) is 3. The van der Waals surface area contributed by atoms with Crippen LogP contribution in [-0.4, -0.2) is 29.3 Å². The van der Waals surface area contributed by atoms with Crippen LogP contribution in [0, 0.1) is 0 Å². The molecule has 76 valence electrons. The third-order valence-electron chi connectivity index (χ3n) is 2.54. The Morgan fingerprint density at radius 1 is 1.43 bits per heavy atom. The van der Waals surface area contributed by atoms with Crippen molar-refractivity contribution in [2.45, 2.75) is 18.9 Å². The molecule has 4 heteroatoms. The van der Waals surface area contributed by atoms with Gasteiger partial charge < -0.3 is 10.0 Å². The van der Waals surface area contributed by atoms with Gasteiger partial charge in [-0.15, -0.1) is 0 Å². The Hall–Kier alpha value is -0.800. The number of pyridine rings is 1. The predicted molar refractivity (Wildman–Crippen MR) is 56.7 cm³/mol. The maximum absolute atomic E-state index is 9.37. The molecule has 3 nitrogen and oxygen atoms in total. The maximum atomic E-state index is 9.37. The van der Waals surface area contributed by atoms with Crippen LogP contribution in [0.2, 0.25) is 5.15 Å². The first-order valence-electron chi connectivity index (χ1n) is 4.81. The molecule has 1 aromatic rings. The average Bonchev–Trinajstić information content (AvgIpc) is 2.20. The normalized spacial score (nSPS) is 18.6. The van der Waals surface area contributed by atoms with Crippen molar-refractivity contribution < 1.29 is 5.11 Å². The van der Waals surface area contributed by atoms with Gasteiger partial charge >= 0.3 is 0 Å². The van der Waals surface area contributed by atoms with Crippen molar-refractivity contribution in [3.8, 4) is 0 Å². The van der Waals surface area contributed by atoms with Crippen LogP contribution in [0.15, 0.2) is 18.3 Å². The van der Waals surface area contributed by atoms with Crippen molar-refractivity contribution in [3.63, 3.8) is 0 Å². The highest BCUT2D eigenvalue weighted by Gasteiger charge is 2.18. The third-order valence-corrected chi connectivity index (χ3v) is 2.84. The highest BCUT2D eigenvalue weighted by Crippen LogP contribution is 2.25. The molecule has 1 N–H and O–H groups in total. The molecule has 0 aromatic carbocycles. The van der Waals surface area contributed by atoms with Gasteiger partial charge in [0.05, 0.1) is 11.8 Å². The summed E-state index contributed by atoms with van der Waals surface area (Å²) >= 11 is 5.98. The minimum Gasteiger partial charge on any atom is -0.393 e. The first kappa shape index (κ1) is 9.74. The molecule has 2 rings (SSSR count). The van der Waals surface area contributed by atoms with Crippen molar-refractivity contribution in [1.29, 1.82) is 0 Å². The highest BCUT2D eigenvalue weighted by atomic mass is 35.5. The summed E-state index contributed by atoms with van der Waals surface area (Å²) in [4.78, 5) is 6.20. The van der Waals surface area contributed by atoms with Crippen molar-refractivity contribution in [3.05, 3.63) is 23.5 Å². The summed E-state index contributed by atoms with van der Waals surface area (Å²) in [5, 5.41) is 9.91. The number of anilines is 1. The standard InChI is InChI=1S/C10H13ClN2O/c11-10-9(2-1-5-12-10)13-6-3-8(14)4-7-13/h1-2,5,8,14H,3-4,6-7H2. The van der Waals surface area contributed by atoms with E-state index >= 15 is 0 Å². The molecule has 14 heavy (non-hydrogen) atoms. The largest absolute Gasteiger partial charge is 0.393 e. The van der Waals surface area contributed by atoms with E-state index < -0.39 is 0 Å². The number of nitrogens with zero attached hydrogens (tertiary/aromatic N) is 2. The second kappa shape index (κ2) is 4.15. The summed E-state index contributed by atoms with van der Waals surface area (Å²) in [6, 6.07) is 3.85. The van der Waals surface area contributed by atoms with Gasteiger partial charge in [0.1, 0.15) is 0 Å². The Labute approximate surface area is 88.3 Å². The molecule has 0 saturated carbocycles. The molecular weight excluding hydrogens is 200 g/mol. The predicted octanol–water partition coefficient (Wildman–Crippen LogP) is 1.70. The van der Waals surface area contributed by atoms with E-state index in [9.17, 15) is 5.11 Å². The number of aromatic nitrogens is 1. The zero-order valence-corrected chi connectivity index (χ0v) is 8.61. The Bertz CT molecular complexity index is 311. The number of rotatable bonds is 1. The summed E-state index contributed by atoms with van der Waals surface area (Å²) < 4.78 is 0. The van der Waals surface area contributed by atoms with Crippen molar-refractivity contribution in [2.75, 3.05) is 18.0 Å². The minimum atomic E-state index is -0.151. The van der Waals surface area contributed by atoms with Crippen molar-refractivity contribution in [2.24, 2.45) is 0 Å². The summed E-state index contributed by atoms with van der Waals surface area (Å²) in [7, 11) is 0. The molecule has 1 aromatic heterocycles. The van der Waals surface area contributed by atoms with E-state index in [4.69, 9.17) is 11.6 Å². The van der Waals surface area contributed by atoms with E-state index in [0.717, 1.165) is 31.6 Å². The molecule has 1 saturated heterocycles. The van der Waals surface area contributed by atoms with E-state index in [1.807, 2.05) is 12.1 Å². The Kier molecular flexibility index (Phi) is 2.89. The number of aliphatic hydroxyl groups excluding tert-OH is 1. The molecule has 0 unspecified atom stereocenters. The van der Waals surface area contributed by atoms with Crippen LogP contribution in [0.1, 0.15) is 12.8 Å². The Morgan fingerprint density at radius 2 is 2.14 bits per heavy atom. The fourth-order valence-electron chi connectivity index (χ4n) is 1.72. The fraction of sp³-hybridized carbons (Fsp3) is 0.500. The molecule has 2 heterocycles. The van der Waals surface area contributed by atoms with Crippen LogP contribution >= 0.6 is 11.6 Å². The molecule has 0 bridgehead atoms. The molecule has 0 atom stereocenters. The second-order valence-corrected chi connectivity index (χ2v) is 3.89. The van der Waals surface area contributed by atoms with Crippen LogP contribution in [0.5, 0.6) is 0 Å². The van der Waals surface area contributed by atoms with Gasteiger partial charge in [-0.2, -0.15) is 0 Å². The Morgan fingerprint density at radius 3 is 2.79 bits per heavy atom. The fourth-order valence-corrected chi connectivity index (χ4v) is 1.96. The van der Waals surface area contributed by atoms with Crippen molar-refractivity contribution >= 4 is 17.3 Å². The number of aliphatic hydroxyl groups is 1. The van der Waals surface area contributed by atoms with Crippen LogP contribution in [0.25, 0.3) is 0 Å². The monoisotopic (exact) mass is 212 g/mol. The van der Waals surface area contributed by atoms with E-state index in [2.05, 4.69) is 9.88 Å². The molecule has 0 amide bonds. The van der Waals surface area contributed by atoms with E-state index in [0.29, 0.717) is 5.15 Å². The first-order chi connectivity index (χ1) is 6.77. The zero-order chi connectivity index (χ0) is 9.97. The molecule has 1 aliphatic heterocycles. The van der Waals surface area contributed by atoms with Gasteiger partial charge in [-0.05, 0) is 25.0 Å². The summed E-state index contributed by atoms with van der Waals surface area (Å²) in [6.07, 6.45) is 3.16. The maximum Gasteiger partial charge on any atom is 0.152 e. The van der Waals surface area contributed by atoms with Gasteiger partial charge in [0.2, 0.25) is 0 Å². The van der Waals surface area contributed by atoms with E-state index in [-0.39, 0.29) is 6.10 Å². The average molecular weight is 213 g/mol. The van der Waals surface area contributed by atoms with Crippen LogP contribution in [0.3, 0.4) is 0 Å². The molecule has 0 aliphatic carbocycles. The number of halogens is 1. The van der Waals surface area contributed by atoms with Crippen LogP contribution in [0.4, 0.5) is 5.69 Å². The van der Waals surface area contributed by atoms with Crippen LogP contribution in [-0.2, 0) is 0 Å². The van der Waals surface area contributed by atoms with Gasteiger partial charge in [-0.25, -0.2) is 4.98 Å². The summed E-state index contributed by atoms with van der Waals surface area (Å²) in [5.74, 6) is 0. The van der Waals surface area contributed by atoms with Gasteiger partial charge in [0, 0.05) is 19.3 Å². The van der Waals surface area contributed by atoms with E-state index in [1.165, 1.54) is 0 Å². The number of piperidine rings is 1.